The maximum absolute atomic E-state index is 10.1. The van der Waals surface area contributed by atoms with Crippen LogP contribution in [0.3, 0.4) is 0 Å². The zero-order valence-electron chi connectivity index (χ0n) is 13.3. The molecule has 0 aliphatic carbocycles. The Balaban J connectivity index is 2.25. The minimum absolute atomic E-state index is 0.233. The van der Waals surface area contributed by atoms with E-state index in [1.165, 1.54) is 31.2 Å². The Kier molecular flexibility index (Phi) is 8.56. The monoisotopic (exact) mass is 278 g/mol. The summed E-state index contributed by atoms with van der Waals surface area (Å²) < 4.78 is 5.74. The predicted octanol–water partition coefficient (Wildman–Crippen LogP) is 4.66. The number of benzene rings is 1. The summed E-state index contributed by atoms with van der Waals surface area (Å²) in [4.78, 5) is 0. The second-order valence-electron chi connectivity index (χ2n) is 5.60. The number of aryl methyl sites for hydroxylation is 1. The van der Waals surface area contributed by atoms with Gasteiger partial charge in [-0.1, -0.05) is 63.8 Å². The quantitative estimate of drug-likeness (QED) is 0.631. The van der Waals surface area contributed by atoms with E-state index >= 15 is 0 Å². The van der Waals surface area contributed by atoms with Crippen molar-refractivity contribution in [2.75, 3.05) is 6.61 Å². The molecule has 1 rings (SSSR count). The summed E-state index contributed by atoms with van der Waals surface area (Å²) in [6, 6.07) is 8.15. The fraction of sp³-hybridized carbons (Fsp3) is 0.667. The van der Waals surface area contributed by atoms with Gasteiger partial charge in [0.1, 0.15) is 6.10 Å². The number of aliphatic hydroxyl groups is 1. The van der Waals surface area contributed by atoms with Gasteiger partial charge in [-0.3, -0.25) is 0 Å². The van der Waals surface area contributed by atoms with Crippen LogP contribution in [0.2, 0.25) is 0 Å². The topological polar surface area (TPSA) is 29.5 Å². The van der Waals surface area contributed by atoms with Crippen molar-refractivity contribution in [2.45, 2.75) is 71.5 Å². The fourth-order valence-corrected chi connectivity index (χ4v) is 2.27. The number of rotatable bonds is 10. The first-order chi connectivity index (χ1) is 9.67. The van der Waals surface area contributed by atoms with Crippen LogP contribution < -0.4 is 0 Å². The lowest BCUT2D eigenvalue weighted by atomic mass is 10.1. The highest BCUT2D eigenvalue weighted by atomic mass is 16.5. The van der Waals surface area contributed by atoms with Crippen LogP contribution in [0.1, 0.15) is 70.1 Å². The molecular weight excluding hydrogens is 248 g/mol. The van der Waals surface area contributed by atoms with E-state index in [1.807, 2.05) is 12.1 Å². The molecule has 2 heteroatoms. The maximum Gasteiger partial charge on any atom is 0.102 e. The van der Waals surface area contributed by atoms with Gasteiger partial charge < -0.3 is 9.84 Å². The first-order valence-electron chi connectivity index (χ1n) is 8.05. The molecule has 0 heterocycles. The van der Waals surface area contributed by atoms with Crippen molar-refractivity contribution in [3.8, 4) is 0 Å². The highest BCUT2D eigenvalue weighted by Gasteiger charge is 2.10. The van der Waals surface area contributed by atoms with Crippen molar-refractivity contribution in [1.82, 2.24) is 0 Å². The normalized spacial score (nSPS) is 14.2. The second-order valence-corrected chi connectivity index (χ2v) is 5.60. The van der Waals surface area contributed by atoms with Crippen LogP contribution in [0, 0.1) is 0 Å². The zero-order chi connectivity index (χ0) is 14.8. The van der Waals surface area contributed by atoms with E-state index in [-0.39, 0.29) is 6.10 Å². The molecule has 0 aliphatic heterocycles. The molecule has 114 valence electrons. The average molecular weight is 278 g/mol. The summed E-state index contributed by atoms with van der Waals surface area (Å²) in [6.07, 6.45) is 6.90. The third-order valence-electron chi connectivity index (χ3n) is 3.78. The van der Waals surface area contributed by atoms with Gasteiger partial charge in [-0.05, 0) is 30.9 Å². The molecule has 2 nitrogen and oxygen atoms in total. The maximum atomic E-state index is 10.1. The van der Waals surface area contributed by atoms with Gasteiger partial charge in [-0.25, -0.2) is 0 Å². The average Bonchev–Trinajstić information content (AvgIpc) is 2.49. The molecule has 0 saturated carbocycles. The first kappa shape index (κ1) is 17.2. The Labute approximate surface area is 124 Å². The SMILES string of the molecule is CCCCCCC(C)OCC(O)c1ccc(CC)cc1. The molecule has 20 heavy (non-hydrogen) atoms. The number of aliphatic hydroxyl groups excluding tert-OH is 1. The summed E-state index contributed by atoms with van der Waals surface area (Å²) in [5, 5.41) is 10.1. The van der Waals surface area contributed by atoms with Crippen LogP contribution in [0.4, 0.5) is 0 Å². The third-order valence-corrected chi connectivity index (χ3v) is 3.78. The highest BCUT2D eigenvalue weighted by Crippen LogP contribution is 2.16. The van der Waals surface area contributed by atoms with Gasteiger partial charge in [0.05, 0.1) is 12.7 Å². The van der Waals surface area contributed by atoms with Gasteiger partial charge in [0.2, 0.25) is 0 Å². The van der Waals surface area contributed by atoms with Crippen molar-refractivity contribution >= 4 is 0 Å². The first-order valence-corrected chi connectivity index (χ1v) is 8.05. The molecule has 0 bridgehead atoms. The van der Waals surface area contributed by atoms with Gasteiger partial charge in [0.15, 0.2) is 0 Å². The minimum atomic E-state index is -0.515. The van der Waals surface area contributed by atoms with E-state index in [2.05, 4.69) is 32.9 Å². The van der Waals surface area contributed by atoms with Crippen molar-refractivity contribution in [3.05, 3.63) is 35.4 Å². The Bertz CT molecular complexity index is 345. The Hall–Kier alpha value is -0.860. The van der Waals surface area contributed by atoms with Crippen molar-refractivity contribution in [3.63, 3.8) is 0 Å². The predicted molar refractivity (Wildman–Crippen MR) is 85.0 cm³/mol. The molecule has 0 spiro atoms. The van der Waals surface area contributed by atoms with Crippen LogP contribution in [0.5, 0.6) is 0 Å². The van der Waals surface area contributed by atoms with E-state index in [1.54, 1.807) is 0 Å². The van der Waals surface area contributed by atoms with E-state index < -0.39 is 6.10 Å². The lowest BCUT2D eigenvalue weighted by molar-refractivity contribution is -0.00651. The van der Waals surface area contributed by atoms with Gasteiger partial charge in [0.25, 0.3) is 0 Å². The number of unbranched alkanes of at least 4 members (excludes halogenated alkanes) is 3. The van der Waals surface area contributed by atoms with Crippen LogP contribution in [-0.4, -0.2) is 17.8 Å². The van der Waals surface area contributed by atoms with Gasteiger partial charge >= 0.3 is 0 Å². The third kappa shape index (κ3) is 6.53. The van der Waals surface area contributed by atoms with Crippen LogP contribution in [-0.2, 0) is 11.2 Å². The van der Waals surface area contributed by atoms with E-state index in [4.69, 9.17) is 4.74 Å². The second kappa shape index (κ2) is 9.95. The molecule has 1 aromatic carbocycles. The lowest BCUT2D eigenvalue weighted by Crippen LogP contribution is -2.14. The molecule has 0 saturated heterocycles. The highest BCUT2D eigenvalue weighted by molar-refractivity contribution is 5.24. The molecule has 1 N–H and O–H groups in total. The van der Waals surface area contributed by atoms with Crippen LogP contribution in [0.15, 0.2) is 24.3 Å². The van der Waals surface area contributed by atoms with Crippen molar-refractivity contribution in [1.29, 1.82) is 0 Å². The molecule has 0 aromatic heterocycles. The van der Waals surface area contributed by atoms with E-state index in [0.29, 0.717) is 6.61 Å². The van der Waals surface area contributed by atoms with E-state index in [9.17, 15) is 5.11 Å². The molecule has 2 atom stereocenters. The molecule has 0 radical (unpaired) electrons. The van der Waals surface area contributed by atoms with Crippen molar-refractivity contribution < 1.29 is 9.84 Å². The zero-order valence-corrected chi connectivity index (χ0v) is 13.3. The minimum Gasteiger partial charge on any atom is -0.386 e. The smallest absolute Gasteiger partial charge is 0.102 e. The summed E-state index contributed by atoms with van der Waals surface area (Å²) in [5.41, 5.74) is 2.24. The molecule has 2 unspecified atom stereocenters. The molecule has 0 amide bonds. The molecular formula is C18H30O2. The Morgan fingerprint density at radius 3 is 2.35 bits per heavy atom. The fourth-order valence-electron chi connectivity index (χ4n) is 2.27. The summed E-state index contributed by atoms with van der Waals surface area (Å²) >= 11 is 0. The van der Waals surface area contributed by atoms with E-state index in [0.717, 1.165) is 18.4 Å². The summed E-state index contributed by atoms with van der Waals surface area (Å²) in [6.45, 7) is 6.84. The number of hydrogen-bond donors (Lipinski definition) is 1. The summed E-state index contributed by atoms with van der Waals surface area (Å²) in [7, 11) is 0. The van der Waals surface area contributed by atoms with Crippen molar-refractivity contribution in [2.24, 2.45) is 0 Å². The standard InChI is InChI=1S/C18H30O2/c1-4-6-7-8-9-15(3)20-14-18(19)17-12-10-16(5-2)11-13-17/h10-13,15,18-19H,4-9,14H2,1-3H3. The number of hydrogen-bond acceptors (Lipinski definition) is 2. The summed E-state index contributed by atoms with van der Waals surface area (Å²) in [5.74, 6) is 0. The Morgan fingerprint density at radius 1 is 1.05 bits per heavy atom. The Morgan fingerprint density at radius 2 is 1.75 bits per heavy atom. The van der Waals surface area contributed by atoms with Gasteiger partial charge in [-0.2, -0.15) is 0 Å². The lowest BCUT2D eigenvalue weighted by Gasteiger charge is -2.17. The van der Waals surface area contributed by atoms with Gasteiger partial charge in [0, 0.05) is 0 Å². The molecule has 0 fully saturated rings. The van der Waals surface area contributed by atoms with Crippen LogP contribution in [0.25, 0.3) is 0 Å². The molecule has 1 aromatic rings. The number of ether oxygens (including phenoxy) is 1. The van der Waals surface area contributed by atoms with Crippen LogP contribution >= 0.6 is 0 Å². The molecule has 0 aliphatic rings. The van der Waals surface area contributed by atoms with Gasteiger partial charge in [-0.15, -0.1) is 0 Å². The largest absolute Gasteiger partial charge is 0.386 e.